The van der Waals surface area contributed by atoms with E-state index in [1.165, 1.54) is 0 Å². The third-order valence-electron chi connectivity index (χ3n) is 1.25. The molecule has 3 heteroatoms. The predicted octanol–water partition coefficient (Wildman–Crippen LogP) is 0.193. The van der Waals surface area contributed by atoms with Crippen LogP contribution in [0.25, 0.3) is 0 Å². The van der Waals surface area contributed by atoms with Crippen LogP contribution in [0.3, 0.4) is 0 Å². The monoisotopic (exact) mass is 153 g/mol. The van der Waals surface area contributed by atoms with Crippen LogP contribution in [0.15, 0.2) is 4.99 Å². The van der Waals surface area contributed by atoms with E-state index < -0.39 is 0 Å². The summed E-state index contributed by atoms with van der Waals surface area (Å²) in [6.07, 6.45) is 5.27. The molecule has 0 aromatic carbocycles. The number of guanidine groups is 1. The molecule has 3 nitrogen and oxygen atoms in total. The third kappa shape index (κ3) is 3.51. The van der Waals surface area contributed by atoms with E-state index in [0.717, 1.165) is 0 Å². The van der Waals surface area contributed by atoms with Crippen LogP contribution in [0.1, 0.15) is 13.8 Å². The molecule has 0 aliphatic carbocycles. The number of hydrogen-bond acceptors (Lipinski definition) is 1. The van der Waals surface area contributed by atoms with Gasteiger partial charge in [-0.1, -0.05) is 5.92 Å². The van der Waals surface area contributed by atoms with Gasteiger partial charge in [-0.2, -0.15) is 0 Å². The normalized spacial score (nSPS) is 12.1. The predicted molar refractivity (Wildman–Crippen MR) is 48.5 cm³/mol. The Hall–Kier alpha value is -1.17. The molecule has 0 atom stereocenters. The van der Waals surface area contributed by atoms with E-state index >= 15 is 0 Å². The summed E-state index contributed by atoms with van der Waals surface area (Å²) in [5, 5.41) is 5.93. The van der Waals surface area contributed by atoms with Crippen molar-refractivity contribution in [3.8, 4) is 12.3 Å². The molecule has 0 amide bonds. The van der Waals surface area contributed by atoms with Crippen molar-refractivity contribution >= 4 is 5.96 Å². The van der Waals surface area contributed by atoms with E-state index in [2.05, 4.69) is 21.5 Å². The average Bonchev–Trinajstić information content (AvgIpc) is 2.00. The van der Waals surface area contributed by atoms with Gasteiger partial charge in [0.05, 0.1) is 5.54 Å². The van der Waals surface area contributed by atoms with Gasteiger partial charge in [0.25, 0.3) is 0 Å². The molecule has 62 valence electrons. The lowest BCUT2D eigenvalue weighted by atomic mass is 10.1. The molecule has 0 saturated carbocycles. The van der Waals surface area contributed by atoms with E-state index in [0.29, 0.717) is 5.96 Å². The molecule has 0 radical (unpaired) electrons. The highest BCUT2D eigenvalue weighted by atomic mass is 15.2. The molecule has 0 bridgehead atoms. The van der Waals surface area contributed by atoms with Gasteiger partial charge in [-0.05, 0) is 13.8 Å². The van der Waals surface area contributed by atoms with Gasteiger partial charge < -0.3 is 10.6 Å². The van der Waals surface area contributed by atoms with Crippen LogP contribution in [-0.4, -0.2) is 25.6 Å². The lowest BCUT2D eigenvalue weighted by Crippen LogP contribution is -2.47. The van der Waals surface area contributed by atoms with Crippen LogP contribution in [0.5, 0.6) is 0 Å². The van der Waals surface area contributed by atoms with Crippen molar-refractivity contribution in [2.75, 3.05) is 14.1 Å². The largest absolute Gasteiger partial charge is 0.359 e. The molecule has 0 rings (SSSR count). The van der Waals surface area contributed by atoms with Crippen molar-refractivity contribution in [2.24, 2.45) is 4.99 Å². The zero-order valence-corrected chi connectivity index (χ0v) is 7.52. The second kappa shape index (κ2) is 3.87. The van der Waals surface area contributed by atoms with Crippen LogP contribution >= 0.6 is 0 Å². The molecule has 0 unspecified atom stereocenters. The van der Waals surface area contributed by atoms with Crippen molar-refractivity contribution in [1.82, 2.24) is 10.6 Å². The standard InChI is InChI=1S/C8H15N3/c1-6-8(2,3)11-7(9-4)10-5/h1H,2-5H3,(H2,9,10,11). The Morgan fingerprint density at radius 1 is 1.55 bits per heavy atom. The Balaban J connectivity index is 4.15. The van der Waals surface area contributed by atoms with Gasteiger partial charge in [0.1, 0.15) is 0 Å². The highest BCUT2D eigenvalue weighted by Crippen LogP contribution is 1.97. The molecule has 0 fully saturated rings. The molecule has 0 saturated heterocycles. The van der Waals surface area contributed by atoms with Crippen molar-refractivity contribution in [2.45, 2.75) is 19.4 Å². The van der Waals surface area contributed by atoms with Crippen LogP contribution in [0, 0.1) is 12.3 Å². The Kier molecular flexibility index (Phi) is 3.46. The van der Waals surface area contributed by atoms with Crippen LogP contribution in [0.4, 0.5) is 0 Å². The molecule has 0 spiro atoms. The highest BCUT2D eigenvalue weighted by molar-refractivity contribution is 5.80. The summed E-state index contributed by atoms with van der Waals surface area (Å²) < 4.78 is 0. The SMILES string of the molecule is C#CC(C)(C)NC(=NC)NC. The fraction of sp³-hybridized carbons (Fsp3) is 0.625. The Morgan fingerprint density at radius 2 is 2.09 bits per heavy atom. The Bertz CT molecular complexity index is 186. The summed E-state index contributed by atoms with van der Waals surface area (Å²) in [6.45, 7) is 3.82. The quantitative estimate of drug-likeness (QED) is 0.320. The smallest absolute Gasteiger partial charge is 0.191 e. The fourth-order valence-electron chi connectivity index (χ4n) is 0.562. The lowest BCUT2D eigenvalue weighted by Gasteiger charge is -2.21. The van der Waals surface area contributed by atoms with Gasteiger partial charge in [0.15, 0.2) is 5.96 Å². The molecular formula is C8H15N3. The molecule has 0 aromatic heterocycles. The van der Waals surface area contributed by atoms with E-state index in [1.54, 1.807) is 14.1 Å². The molecule has 0 aliphatic rings. The van der Waals surface area contributed by atoms with E-state index in [1.807, 2.05) is 13.8 Å². The van der Waals surface area contributed by atoms with Gasteiger partial charge in [-0.25, -0.2) is 0 Å². The number of nitrogens with zero attached hydrogens (tertiary/aromatic N) is 1. The maximum atomic E-state index is 5.27. The number of terminal acetylenes is 1. The van der Waals surface area contributed by atoms with Gasteiger partial charge in [0.2, 0.25) is 0 Å². The molecule has 0 aromatic rings. The van der Waals surface area contributed by atoms with Gasteiger partial charge in [-0.15, -0.1) is 6.42 Å². The first-order valence-corrected chi connectivity index (χ1v) is 3.46. The highest BCUT2D eigenvalue weighted by Gasteiger charge is 2.13. The van der Waals surface area contributed by atoms with Crippen LogP contribution in [0.2, 0.25) is 0 Å². The summed E-state index contributed by atoms with van der Waals surface area (Å²) in [5.74, 6) is 3.31. The van der Waals surface area contributed by atoms with Crippen LogP contribution in [-0.2, 0) is 0 Å². The lowest BCUT2D eigenvalue weighted by molar-refractivity contribution is 0.589. The Labute approximate surface area is 68.3 Å². The molecule has 0 aliphatic heterocycles. The average molecular weight is 153 g/mol. The van der Waals surface area contributed by atoms with Crippen molar-refractivity contribution in [3.63, 3.8) is 0 Å². The summed E-state index contributed by atoms with van der Waals surface area (Å²) in [7, 11) is 3.49. The van der Waals surface area contributed by atoms with Crippen molar-refractivity contribution in [1.29, 1.82) is 0 Å². The maximum absolute atomic E-state index is 5.27. The minimum absolute atomic E-state index is 0.349. The third-order valence-corrected chi connectivity index (χ3v) is 1.25. The minimum Gasteiger partial charge on any atom is -0.359 e. The second-order valence-electron chi connectivity index (χ2n) is 2.72. The van der Waals surface area contributed by atoms with E-state index in [-0.39, 0.29) is 5.54 Å². The molecule has 11 heavy (non-hydrogen) atoms. The molecular weight excluding hydrogens is 138 g/mol. The number of aliphatic imine (C=N–C) groups is 1. The van der Waals surface area contributed by atoms with Gasteiger partial charge in [0, 0.05) is 14.1 Å². The fourth-order valence-corrected chi connectivity index (χ4v) is 0.562. The first-order chi connectivity index (χ1) is 5.05. The van der Waals surface area contributed by atoms with E-state index in [4.69, 9.17) is 6.42 Å². The zero-order valence-electron chi connectivity index (χ0n) is 7.52. The number of nitrogens with one attached hydrogen (secondary N) is 2. The minimum atomic E-state index is -0.349. The summed E-state index contributed by atoms with van der Waals surface area (Å²) >= 11 is 0. The van der Waals surface area contributed by atoms with Crippen LogP contribution < -0.4 is 10.6 Å². The van der Waals surface area contributed by atoms with Gasteiger partial charge >= 0.3 is 0 Å². The molecule has 2 N–H and O–H groups in total. The van der Waals surface area contributed by atoms with Crippen molar-refractivity contribution in [3.05, 3.63) is 0 Å². The van der Waals surface area contributed by atoms with E-state index in [9.17, 15) is 0 Å². The maximum Gasteiger partial charge on any atom is 0.191 e. The first kappa shape index (κ1) is 9.83. The zero-order chi connectivity index (χ0) is 8.91. The molecule has 0 heterocycles. The summed E-state index contributed by atoms with van der Waals surface area (Å²) in [6, 6.07) is 0. The second-order valence-corrected chi connectivity index (χ2v) is 2.72. The summed E-state index contributed by atoms with van der Waals surface area (Å²) in [5.41, 5.74) is -0.349. The topological polar surface area (TPSA) is 36.4 Å². The van der Waals surface area contributed by atoms with Gasteiger partial charge in [-0.3, -0.25) is 4.99 Å². The number of rotatable bonds is 1. The number of hydrogen-bond donors (Lipinski definition) is 2. The first-order valence-electron chi connectivity index (χ1n) is 3.46. The summed E-state index contributed by atoms with van der Waals surface area (Å²) in [4.78, 5) is 3.94. The van der Waals surface area contributed by atoms with Crippen molar-refractivity contribution < 1.29 is 0 Å². The Morgan fingerprint density at radius 3 is 2.36 bits per heavy atom.